The summed E-state index contributed by atoms with van der Waals surface area (Å²) in [6.45, 7) is 1.48. The second-order valence-electron chi connectivity index (χ2n) is 4.06. The van der Waals surface area contributed by atoms with Crippen molar-refractivity contribution >= 4 is 0 Å². The fourth-order valence-corrected chi connectivity index (χ4v) is 1.34. The van der Waals surface area contributed by atoms with Gasteiger partial charge >= 0.3 is 12.4 Å². The fraction of sp³-hybridized carbons (Fsp3) is 0.455. The molecule has 114 valence electrons. The second-order valence-corrected chi connectivity index (χ2v) is 4.06. The molecule has 0 amide bonds. The van der Waals surface area contributed by atoms with E-state index in [1.165, 1.54) is 6.92 Å². The molecule has 20 heavy (non-hydrogen) atoms. The van der Waals surface area contributed by atoms with Crippen molar-refractivity contribution in [1.29, 1.82) is 0 Å². The molecule has 0 heterocycles. The second kappa shape index (κ2) is 5.47. The lowest BCUT2D eigenvalue weighted by atomic mass is 10.1. The van der Waals surface area contributed by atoms with Crippen molar-refractivity contribution < 1.29 is 35.5 Å². The van der Waals surface area contributed by atoms with Crippen LogP contribution >= 0.6 is 0 Å². The maximum Gasteiger partial charge on any atom is 0.434 e. The maximum absolute atomic E-state index is 13.4. The first-order valence-electron chi connectivity index (χ1n) is 5.28. The van der Waals surface area contributed by atoms with Crippen molar-refractivity contribution in [2.75, 3.05) is 0 Å². The van der Waals surface area contributed by atoms with Crippen LogP contribution in [0.5, 0.6) is 5.75 Å². The molecule has 1 unspecified atom stereocenters. The van der Waals surface area contributed by atoms with Crippen LogP contribution in [0.3, 0.4) is 0 Å². The standard InChI is InChI=1S/C11H10F7NO/c1-5(19)6-2-3-8(7(12)4-6)20-9(10(13,14)15)11(16,17)18/h2-5,9H,19H2,1H3. The van der Waals surface area contributed by atoms with Crippen LogP contribution < -0.4 is 10.5 Å². The minimum Gasteiger partial charge on any atom is -0.468 e. The first kappa shape index (κ1) is 16.5. The Morgan fingerprint density at radius 2 is 1.55 bits per heavy atom. The number of nitrogens with two attached hydrogens (primary N) is 1. The highest BCUT2D eigenvalue weighted by Gasteiger charge is 2.59. The van der Waals surface area contributed by atoms with Gasteiger partial charge in [-0.3, -0.25) is 0 Å². The Labute approximate surface area is 109 Å². The van der Waals surface area contributed by atoms with E-state index in [1.807, 2.05) is 0 Å². The minimum atomic E-state index is -5.70. The lowest BCUT2D eigenvalue weighted by Gasteiger charge is -2.24. The van der Waals surface area contributed by atoms with E-state index in [4.69, 9.17) is 5.73 Å². The Bertz CT molecular complexity index is 453. The van der Waals surface area contributed by atoms with E-state index in [9.17, 15) is 30.7 Å². The van der Waals surface area contributed by atoms with Crippen LogP contribution in [0.1, 0.15) is 18.5 Å². The Morgan fingerprint density at radius 3 is 1.90 bits per heavy atom. The summed E-state index contributed by atoms with van der Waals surface area (Å²) in [6, 6.07) is 1.87. The lowest BCUT2D eigenvalue weighted by Crippen LogP contribution is -2.46. The van der Waals surface area contributed by atoms with E-state index in [0.717, 1.165) is 12.1 Å². The molecule has 0 saturated carbocycles. The smallest absolute Gasteiger partial charge is 0.434 e. The van der Waals surface area contributed by atoms with Crippen LogP contribution in [0.25, 0.3) is 0 Å². The lowest BCUT2D eigenvalue weighted by molar-refractivity contribution is -0.300. The molecule has 0 aliphatic heterocycles. The highest BCUT2D eigenvalue weighted by atomic mass is 19.4. The third-order valence-corrected chi connectivity index (χ3v) is 2.32. The molecule has 0 spiro atoms. The molecule has 0 aliphatic carbocycles. The summed E-state index contributed by atoms with van der Waals surface area (Å²) in [5, 5.41) is 0. The van der Waals surface area contributed by atoms with Gasteiger partial charge in [0.15, 0.2) is 11.6 Å². The van der Waals surface area contributed by atoms with Gasteiger partial charge in [0.05, 0.1) is 0 Å². The number of hydrogen-bond donors (Lipinski definition) is 1. The summed E-state index contributed by atoms with van der Waals surface area (Å²) < 4.78 is 90.7. The van der Waals surface area contributed by atoms with Crippen LogP contribution in [-0.2, 0) is 0 Å². The van der Waals surface area contributed by atoms with Crippen molar-refractivity contribution in [2.45, 2.75) is 31.4 Å². The molecule has 1 aromatic carbocycles. The number of hydrogen-bond acceptors (Lipinski definition) is 2. The fourth-order valence-electron chi connectivity index (χ4n) is 1.34. The van der Waals surface area contributed by atoms with Gasteiger partial charge in [0.25, 0.3) is 6.10 Å². The van der Waals surface area contributed by atoms with E-state index in [0.29, 0.717) is 6.07 Å². The summed E-state index contributed by atoms with van der Waals surface area (Å²) in [5.74, 6) is -2.49. The van der Waals surface area contributed by atoms with Crippen molar-refractivity contribution in [3.05, 3.63) is 29.6 Å². The Hall–Kier alpha value is -1.51. The molecule has 2 nitrogen and oxygen atoms in total. The van der Waals surface area contributed by atoms with E-state index < -0.39 is 36.1 Å². The monoisotopic (exact) mass is 305 g/mol. The Morgan fingerprint density at radius 1 is 1.05 bits per heavy atom. The molecule has 0 bridgehead atoms. The predicted molar refractivity (Wildman–Crippen MR) is 55.5 cm³/mol. The number of benzene rings is 1. The Kier molecular flexibility index (Phi) is 4.52. The number of halogens is 7. The summed E-state index contributed by atoms with van der Waals surface area (Å²) in [7, 11) is 0. The zero-order valence-corrected chi connectivity index (χ0v) is 10.0. The van der Waals surface area contributed by atoms with Gasteiger partial charge in [-0.1, -0.05) is 6.07 Å². The molecule has 1 atom stereocenters. The van der Waals surface area contributed by atoms with Gasteiger partial charge in [-0.05, 0) is 24.6 Å². The summed E-state index contributed by atoms with van der Waals surface area (Å²) in [4.78, 5) is 0. The topological polar surface area (TPSA) is 35.2 Å². The number of rotatable bonds is 3. The van der Waals surface area contributed by atoms with Crippen molar-refractivity contribution in [3.8, 4) is 5.75 Å². The predicted octanol–water partition coefficient (Wildman–Crippen LogP) is 3.72. The highest BCUT2D eigenvalue weighted by Crippen LogP contribution is 2.37. The van der Waals surface area contributed by atoms with Crippen LogP contribution in [0.15, 0.2) is 18.2 Å². The highest BCUT2D eigenvalue weighted by molar-refractivity contribution is 5.31. The zero-order valence-electron chi connectivity index (χ0n) is 10.0. The normalized spacial score (nSPS) is 14.5. The average Bonchev–Trinajstić information content (AvgIpc) is 2.23. The largest absolute Gasteiger partial charge is 0.468 e. The van der Waals surface area contributed by atoms with Gasteiger partial charge in [-0.15, -0.1) is 0 Å². The molecule has 1 aromatic rings. The van der Waals surface area contributed by atoms with E-state index >= 15 is 0 Å². The zero-order chi connectivity index (χ0) is 15.7. The van der Waals surface area contributed by atoms with Gasteiger partial charge in [-0.25, -0.2) is 4.39 Å². The molecule has 0 fully saturated rings. The van der Waals surface area contributed by atoms with Gasteiger partial charge in [-0.2, -0.15) is 26.3 Å². The number of alkyl halides is 6. The molecule has 9 heteroatoms. The molecule has 2 N–H and O–H groups in total. The van der Waals surface area contributed by atoms with E-state index in [2.05, 4.69) is 4.74 Å². The van der Waals surface area contributed by atoms with E-state index in [1.54, 1.807) is 0 Å². The van der Waals surface area contributed by atoms with Crippen molar-refractivity contribution in [3.63, 3.8) is 0 Å². The molecule has 0 saturated heterocycles. The average molecular weight is 305 g/mol. The van der Waals surface area contributed by atoms with E-state index in [-0.39, 0.29) is 5.56 Å². The van der Waals surface area contributed by atoms with Crippen LogP contribution in [0, 0.1) is 5.82 Å². The van der Waals surface area contributed by atoms with Crippen molar-refractivity contribution in [2.24, 2.45) is 5.73 Å². The third kappa shape index (κ3) is 3.99. The van der Waals surface area contributed by atoms with Gasteiger partial charge in [0.1, 0.15) is 0 Å². The van der Waals surface area contributed by atoms with Crippen LogP contribution in [-0.4, -0.2) is 18.5 Å². The summed E-state index contributed by atoms with van der Waals surface area (Å²) in [6.07, 6.45) is -15.5. The Balaban J connectivity index is 3.07. The van der Waals surface area contributed by atoms with Gasteiger partial charge < -0.3 is 10.5 Å². The van der Waals surface area contributed by atoms with Gasteiger partial charge in [0.2, 0.25) is 0 Å². The number of ether oxygens (including phenoxy) is 1. The minimum absolute atomic E-state index is 0.213. The molecule has 1 rings (SSSR count). The summed E-state index contributed by atoms with van der Waals surface area (Å²) in [5.41, 5.74) is 5.62. The first-order chi connectivity index (χ1) is 8.93. The molecular formula is C11H10F7NO. The van der Waals surface area contributed by atoms with Crippen LogP contribution in [0.2, 0.25) is 0 Å². The molecule has 0 aliphatic rings. The SMILES string of the molecule is CC(N)c1ccc(OC(C(F)(F)F)C(F)(F)F)c(F)c1. The molecule has 0 aromatic heterocycles. The quantitative estimate of drug-likeness (QED) is 0.864. The maximum atomic E-state index is 13.4. The first-order valence-corrected chi connectivity index (χ1v) is 5.28. The molecule has 0 radical (unpaired) electrons. The third-order valence-electron chi connectivity index (χ3n) is 2.32. The van der Waals surface area contributed by atoms with Gasteiger partial charge in [0, 0.05) is 6.04 Å². The van der Waals surface area contributed by atoms with Crippen LogP contribution in [0.4, 0.5) is 30.7 Å². The summed E-state index contributed by atoms with van der Waals surface area (Å²) >= 11 is 0. The molecular weight excluding hydrogens is 295 g/mol. The van der Waals surface area contributed by atoms with Crippen molar-refractivity contribution in [1.82, 2.24) is 0 Å².